The summed E-state index contributed by atoms with van der Waals surface area (Å²) in [4.78, 5) is 29.4. The average molecular weight is 355 g/mol. The van der Waals surface area contributed by atoms with Crippen LogP contribution in [0.3, 0.4) is 0 Å². The molecule has 0 aliphatic carbocycles. The summed E-state index contributed by atoms with van der Waals surface area (Å²) in [5, 5.41) is 0. The largest absolute Gasteiger partial charge is 0.306 e. The van der Waals surface area contributed by atoms with Crippen LogP contribution >= 0.6 is 0 Å². The van der Waals surface area contributed by atoms with Gasteiger partial charge in [0.2, 0.25) is 0 Å². The third kappa shape index (κ3) is 3.11. The monoisotopic (exact) mass is 355 g/mol. The van der Waals surface area contributed by atoms with E-state index in [1.807, 2.05) is 4.90 Å². The Labute approximate surface area is 147 Å². The van der Waals surface area contributed by atoms with Crippen molar-refractivity contribution in [1.82, 2.24) is 24.8 Å². The summed E-state index contributed by atoms with van der Waals surface area (Å²) in [6.45, 7) is 0.949. The van der Waals surface area contributed by atoms with E-state index >= 15 is 0 Å². The topological polar surface area (TPSA) is 74.8 Å². The number of fused-ring (bicyclic) bond motifs is 1. The lowest BCUT2D eigenvalue weighted by atomic mass is 10.1. The van der Waals surface area contributed by atoms with Crippen molar-refractivity contribution >= 4 is 0 Å². The van der Waals surface area contributed by atoms with Gasteiger partial charge in [0.05, 0.1) is 16.8 Å². The van der Waals surface area contributed by atoms with Gasteiger partial charge in [-0.1, -0.05) is 6.07 Å². The summed E-state index contributed by atoms with van der Waals surface area (Å²) in [5.74, 6) is -0.743. The summed E-state index contributed by atoms with van der Waals surface area (Å²) < 4.78 is 27.7. The first-order valence-electron chi connectivity index (χ1n) is 8.14. The summed E-state index contributed by atoms with van der Waals surface area (Å²) in [6.07, 6.45) is 5.08. The molecule has 0 saturated carbocycles. The van der Waals surface area contributed by atoms with E-state index in [1.165, 1.54) is 24.5 Å². The molecule has 0 fully saturated rings. The van der Waals surface area contributed by atoms with Crippen LogP contribution in [0.1, 0.15) is 16.8 Å². The molecule has 4 rings (SSSR count). The molecular formula is C18H15F2N5O. The van der Waals surface area contributed by atoms with Crippen molar-refractivity contribution in [2.75, 3.05) is 6.54 Å². The highest BCUT2D eigenvalue weighted by atomic mass is 19.1. The molecular weight excluding hydrogens is 340 g/mol. The van der Waals surface area contributed by atoms with Crippen LogP contribution < -0.4 is 5.56 Å². The molecule has 1 N–H and O–H groups in total. The van der Waals surface area contributed by atoms with E-state index in [-0.39, 0.29) is 24.2 Å². The van der Waals surface area contributed by atoms with Gasteiger partial charge in [0.15, 0.2) is 0 Å². The Morgan fingerprint density at radius 2 is 1.88 bits per heavy atom. The minimum absolute atomic E-state index is 0.0124. The molecule has 132 valence electrons. The predicted octanol–water partition coefficient (Wildman–Crippen LogP) is 2.06. The van der Waals surface area contributed by atoms with Gasteiger partial charge in [-0.05, 0) is 12.1 Å². The molecule has 1 aliphatic rings. The number of aromatic nitrogens is 4. The van der Waals surface area contributed by atoms with Gasteiger partial charge in [0.1, 0.15) is 23.8 Å². The molecule has 0 radical (unpaired) electrons. The van der Waals surface area contributed by atoms with Gasteiger partial charge in [0.25, 0.3) is 5.56 Å². The molecule has 0 amide bonds. The first-order valence-corrected chi connectivity index (χ1v) is 8.14. The second-order valence-electron chi connectivity index (χ2n) is 6.13. The SMILES string of the molecule is O=c1[nH]c(-c2cncnc2)nc2c1CN(Cc1c(F)cccc1F)CC2. The molecule has 0 saturated heterocycles. The maximum absolute atomic E-state index is 13.9. The van der Waals surface area contributed by atoms with Gasteiger partial charge in [0, 0.05) is 44.0 Å². The molecule has 26 heavy (non-hydrogen) atoms. The molecule has 6 nitrogen and oxygen atoms in total. The molecule has 0 atom stereocenters. The molecule has 1 aromatic carbocycles. The van der Waals surface area contributed by atoms with Crippen molar-refractivity contribution in [2.45, 2.75) is 19.5 Å². The fourth-order valence-electron chi connectivity index (χ4n) is 3.08. The van der Waals surface area contributed by atoms with E-state index in [9.17, 15) is 13.6 Å². The van der Waals surface area contributed by atoms with Crippen molar-refractivity contribution in [1.29, 1.82) is 0 Å². The maximum atomic E-state index is 13.9. The Hall–Kier alpha value is -3.00. The Kier molecular flexibility index (Phi) is 4.26. The van der Waals surface area contributed by atoms with Gasteiger partial charge in [-0.25, -0.2) is 23.7 Å². The quantitative estimate of drug-likeness (QED) is 0.778. The van der Waals surface area contributed by atoms with Crippen LogP contribution in [0.25, 0.3) is 11.4 Å². The van der Waals surface area contributed by atoms with Crippen molar-refractivity contribution < 1.29 is 8.78 Å². The van der Waals surface area contributed by atoms with Crippen LogP contribution in [0.5, 0.6) is 0 Å². The first kappa shape index (κ1) is 16.5. The van der Waals surface area contributed by atoms with Crippen LogP contribution in [0.2, 0.25) is 0 Å². The second-order valence-corrected chi connectivity index (χ2v) is 6.13. The van der Waals surface area contributed by atoms with Crippen LogP contribution in [0.15, 0.2) is 41.7 Å². The van der Waals surface area contributed by atoms with Crippen LogP contribution in [-0.4, -0.2) is 31.4 Å². The molecule has 0 unspecified atom stereocenters. The predicted molar refractivity (Wildman–Crippen MR) is 90.1 cm³/mol. The molecule has 8 heteroatoms. The van der Waals surface area contributed by atoms with Gasteiger partial charge in [-0.3, -0.25) is 9.69 Å². The lowest BCUT2D eigenvalue weighted by molar-refractivity contribution is 0.235. The van der Waals surface area contributed by atoms with E-state index in [1.54, 1.807) is 12.4 Å². The number of H-pyrrole nitrogens is 1. The fraction of sp³-hybridized carbons (Fsp3) is 0.222. The molecule has 3 heterocycles. The van der Waals surface area contributed by atoms with Crippen molar-refractivity contribution in [3.8, 4) is 11.4 Å². The van der Waals surface area contributed by atoms with Crippen LogP contribution in [0.4, 0.5) is 8.78 Å². The van der Waals surface area contributed by atoms with E-state index in [4.69, 9.17) is 0 Å². The smallest absolute Gasteiger partial charge is 0.255 e. The zero-order valence-electron chi connectivity index (χ0n) is 13.7. The Bertz CT molecular complexity index is 986. The van der Waals surface area contributed by atoms with Crippen molar-refractivity contribution in [3.63, 3.8) is 0 Å². The summed E-state index contributed by atoms with van der Waals surface area (Å²) in [5.41, 5.74) is 1.60. The Balaban J connectivity index is 1.61. The number of aromatic amines is 1. The van der Waals surface area contributed by atoms with Gasteiger partial charge < -0.3 is 4.98 Å². The molecule has 1 aliphatic heterocycles. The van der Waals surface area contributed by atoms with E-state index < -0.39 is 11.6 Å². The third-order valence-electron chi connectivity index (χ3n) is 4.43. The highest BCUT2D eigenvalue weighted by Crippen LogP contribution is 2.21. The Morgan fingerprint density at radius 3 is 2.62 bits per heavy atom. The fourth-order valence-corrected chi connectivity index (χ4v) is 3.08. The molecule has 0 bridgehead atoms. The first-order chi connectivity index (χ1) is 12.6. The van der Waals surface area contributed by atoms with E-state index in [2.05, 4.69) is 19.9 Å². The lowest BCUT2D eigenvalue weighted by Gasteiger charge is -2.28. The summed E-state index contributed by atoms with van der Waals surface area (Å²) in [6, 6.07) is 3.81. The van der Waals surface area contributed by atoms with Crippen molar-refractivity contribution in [2.24, 2.45) is 0 Å². The standard InChI is InChI=1S/C18H15F2N5O/c19-14-2-1-3-15(20)12(14)8-25-5-4-16-13(9-25)18(26)24-17(23-16)11-6-21-10-22-7-11/h1-3,6-7,10H,4-5,8-9H2,(H,23,24,26). The highest BCUT2D eigenvalue weighted by molar-refractivity contribution is 5.52. The molecule has 0 spiro atoms. The zero-order valence-corrected chi connectivity index (χ0v) is 13.7. The summed E-state index contributed by atoms with van der Waals surface area (Å²) >= 11 is 0. The lowest BCUT2D eigenvalue weighted by Crippen LogP contribution is -2.35. The second kappa shape index (κ2) is 6.72. The number of hydrogen-bond donors (Lipinski definition) is 1. The summed E-state index contributed by atoms with van der Waals surface area (Å²) in [7, 11) is 0. The van der Waals surface area contributed by atoms with Gasteiger partial charge in [-0.15, -0.1) is 0 Å². The highest BCUT2D eigenvalue weighted by Gasteiger charge is 2.23. The Morgan fingerprint density at radius 1 is 1.15 bits per heavy atom. The molecule has 3 aromatic rings. The van der Waals surface area contributed by atoms with Crippen LogP contribution in [0, 0.1) is 11.6 Å². The average Bonchev–Trinajstić information content (AvgIpc) is 2.66. The van der Waals surface area contributed by atoms with Gasteiger partial charge in [-0.2, -0.15) is 0 Å². The van der Waals surface area contributed by atoms with Gasteiger partial charge >= 0.3 is 0 Å². The molecule has 2 aromatic heterocycles. The maximum Gasteiger partial charge on any atom is 0.255 e. The van der Waals surface area contributed by atoms with Crippen LogP contribution in [-0.2, 0) is 19.5 Å². The number of nitrogens with zero attached hydrogens (tertiary/aromatic N) is 4. The van der Waals surface area contributed by atoms with Crippen molar-refractivity contribution in [3.05, 3.63) is 75.7 Å². The third-order valence-corrected chi connectivity index (χ3v) is 4.43. The normalized spacial score (nSPS) is 14.2. The minimum atomic E-state index is -0.581. The number of rotatable bonds is 3. The minimum Gasteiger partial charge on any atom is -0.306 e. The number of benzene rings is 1. The van der Waals surface area contributed by atoms with E-state index in [0.717, 1.165) is 0 Å². The zero-order chi connectivity index (χ0) is 18.1. The number of halogens is 2. The number of nitrogens with one attached hydrogen (secondary N) is 1. The number of hydrogen-bond acceptors (Lipinski definition) is 5. The van der Waals surface area contributed by atoms with E-state index in [0.29, 0.717) is 35.6 Å².